The smallest absolute Gasteiger partial charge is 0.406 e. The van der Waals surface area contributed by atoms with Gasteiger partial charge in [-0.3, -0.25) is 14.6 Å². The highest BCUT2D eigenvalue weighted by Crippen LogP contribution is 2.34. The molecular formula is C24H26F3N5O4. The van der Waals surface area contributed by atoms with Crippen LogP contribution in [0.25, 0.3) is 0 Å². The number of benzene rings is 1. The number of ether oxygens (including phenoxy) is 1. The van der Waals surface area contributed by atoms with Gasteiger partial charge >= 0.3 is 12.4 Å². The van der Waals surface area contributed by atoms with Crippen molar-refractivity contribution >= 4 is 23.5 Å². The van der Waals surface area contributed by atoms with Gasteiger partial charge in [0.15, 0.2) is 0 Å². The van der Waals surface area contributed by atoms with Crippen LogP contribution >= 0.6 is 0 Å². The lowest BCUT2D eigenvalue weighted by Gasteiger charge is -2.32. The minimum absolute atomic E-state index is 0.0366. The molecule has 0 unspecified atom stereocenters. The third-order valence-corrected chi connectivity index (χ3v) is 6.33. The standard InChI is InChI=1S/C24H26F3N5O4/c1-23(2)21(34)32(17-4-6-18(7-5-17)36-24(25,26)27)22(35)31(23)15-16-8-9-28-19(14-16)20(33)30-12-10-29(3)11-13-30/h4-9,14H,10-13,15H2,1-3H3. The molecule has 2 aliphatic rings. The molecule has 1 aromatic carbocycles. The van der Waals surface area contributed by atoms with Crippen LogP contribution in [-0.2, 0) is 11.3 Å². The normalized spacial score (nSPS) is 18.7. The summed E-state index contributed by atoms with van der Waals surface area (Å²) in [5, 5.41) is 0. The van der Waals surface area contributed by atoms with Crippen LogP contribution in [0.1, 0.15) is 29.9 Å². The predicted octanol–water partition coefficient (Wildman–Crippen LogP) is 3.12. The van der Waals surface area contributed by atoms with Crippen LogP contribution in [-0.4, -0.2) is 82.7 Å². The number of imide groups is 1. The van der Waals surface area contributed by atoms with Crippen molar-refractivity contribution in [3.8, 4) is 5.75 Å². The molecule has 12 heteroatoms. The Morgan fingerprint density at radius 3 is 2.31 bits per heavy atom. The van der Waals surface area contributed by atoms with E-state index in [0.29, 0.717) is 18.7 Å². The van der Waals surface area contributed by atoms with Crippen molar-refractivity contribution in [3.05, 3.63) is 53.9 Å². The number of carbonyl (C=O) groups is 3. The summed E-state index contributed by atoms with van der Waals surface area (Å²) in [4.78, 5) is 49.7. The molecule has 4 amide bonds. The van der Waals surface area contributed by atoms with E-state index < -0.39 is 29.6 Å². The van der Waals surface area contributed by atoms with Gasteiger partial charge in [0, 0.05) is 38.9 Å². The average Bonchev–Trinajstić information content (AvgIpc) is 2.98. The van der Waals surface area contributed by atoms with Gasteiger partial charge < -0.3 is 19.4 Å². The van der Waals surface area contributed by atoms with Gasteiger partial charge in [-0.05, 0) is 62.9 Å². The van der Waals surface area contributed by atoms with Crippen molar-refractivity contribution in [2.75, 3.05) is 38.1 Å². The summed E-state index contributed by atoms with van der Waals surface area (Å²) in [5.74, 6) is -1.19. The Labute approximate surface area is 206 Å². The average molecular weight is 505 g/mol. The van der Waals surface area contributed by atoms with Gasteiger partial charge in [0.1, 0.15) is 17.0 Å². The maximum atomic E-state index is 13.3. The topological polar surface area (TPSA) is 86.3 Å². The number of rotatable bonds is 5. The van der Waals surface area contributed by atoms with Crippen molar-refractivity contribution in [2.45, 2.75) is 32.3 Å². The zero-order valence-electron chi connectivity index (χ0n) is 20.1. The maximum Gasteiger partial charge on any atom is 0.573 e. The van der Waals surface area contributed by atoms with E-state index in [1.54, 1.807) is 30.9 Å². The van der Waals surface area contributed by atoms with Crippen LogP contribution in [0.5, 0.6) is 5.75 Å². The Morgan fingerprint density at radius 2 is 1.69 bits per heavy atom. The summed E-state index contributed by atoms with van der Waals surface area (Å²) in [7, 11) is 1.99. The van der Waals surface area contributed by atoms with Crippen LogP contribution in [0.15, 0.2) is 42.6 Å². The molecule has 2 aliphatic heterocycles. The van der Waals surface area contributed by atoms with Gasteiger partial charge in [-0.1, -0.05) is 0 Å². The highest BCUT2D eigenvalue weighted by molar-refractivity contribution is 6.22. The van der Waals surface area contributed by atoms with Gasteiger partial charge in [0.25, 0.3) is 11.8 Å². The van der Waals surface area contributed by atoms with Crippen LogP contribution in [0.4, 0.5) is 23.7 Å². The molecule has 0 spiro atoms. The maximum absolute atomic E-state index is 13.3. The molecule has 0 aliphatic carbocycles. The molecule has 1 aromatic heterocycles. The van der Waals surface area contributed by atoms with Gasteiger partial charge in [-0.2, -0.15) is 0 Å². The fraction of sp³-hybridized carbons (Fsp3) is 0.417. The quantitative estimate of drug-likeness (QED) is 0.581. The number of likely N-dealkylation sites (N-methyl/N-ethyl adjacent to an activating group) is 1. The fourth-order valence-corrected chi connectivity index (χ4v) is 4.17. The van der Waals surface area contributed by atoms with E-state index in [0.717, 1.165) is 30.1 Å². The van der Waals surface area contributed by atoms with Crippen LogP contribution in [0.2, 0.25) is 0 Å². The summed E-state index contributed by atoms with van der Waals surface area (Å²) >= 11 is 0. The van der Waals surface area contributed by atoms with E-state index in [9.17, 15) is 27.6 Å². The highest BCUT2D eigenvalue weighted by Gasteiger charge is 2.51. The summed E-state index contributed by atoms with van der Waals surface area (Å²) < 4.78 is 41.2. The number of carbonyl (C=O) groups excluding carboxylic acids is 3. The monoisotopic (exact) mass is 505 g/mol. The molecule has 36 heavy (non-hydrogen) atoms. The number of pyridine rings is 1. The lowest BCUT2D eigenvalue weighted by atomic mass is 10.0. The number of hydrogen-bond acceptors (Lipinski definition) is 6. The molecule has 192 valence electrons. The van der Waals surface area contributed by atoms with Crippen molar-refractivity contribution < 1.29 is 32.3 Å². The lowest BCUT2D eigenvalue weighted by molar-refractivity contribution is -0.274. The van der Waals surface area contributed by atoms with Gasteiger partial charge in [0.05, 0.1) is 5.69 Å². The summed E-state index contributed by atoms with van der Waals surface area (Å²) in [6, 6.07) is 7.17. The van der Waals surface area contributed by atoms with E-state index in [-0.39, 0.29) is 23.8 Å². The fourth-order valence-electron chi connectivity index (χ4n) is 4.17. The number of hydrogen-bond donors (Lipinski definition) is 0. The zero-order valence-corrected chi connectivity index (χ0v) is 20.1. The SMILES string of the molecule is CN1CCN(C(=O)c2cc(CN3C(=O)N(c4ccc(OC(F)(F)F)cc4)C(=O)C3(C)C)ccn2)CC1. The van der Waals surface area contributed by atoms with E-state index in [2.05, 4.69) is 14.6 Å². The van der Waals surface area contributed by atoms with Gasteiger partial charge in [-0.25, -0.2) is 9.69 Å². The van der Waals surface area contributed by atoms with E-state index in [4.69, 9.17) is 0 Å². The molecule has 0 atom stereocenters. The first-order valence-electron chi connectivity index (χ1n) is 11.3. The van der Waals surface area contributed by atoms with Gasteiger partial charge in [-0.15, -0.1) is 13.2 Å². The Balaban J connectivity index is 1.52. The van der Waals surface area contributed by atoms with E-state index in [1.165, 1.54) is 23.2 Å². The third kappa shape index (κ3) is 5.13. The molecule has 2 fully saturated rings. The van der Waals surface area contributed by atoms with Crippen molar-refractivity contribution in [3.63, 3.8) is 0 Å². The molecule has 0 radical (unpaired) electrons. The van der Waals surface area contributed by atoms with E-state index in [1.807, 2.05) is 7.05 Å². The third-order valence-electron chi connectivity index (χ3n) is 6.33. The number of urea groups is 1. The molecule has 2 aromatic rings. The first-order valence-corrected chi connectivity index (χ1v) is 11.3. The number of halogens is 3. The number of aromatic nitrogens is 1. The van der Waals surface area contributed by atoms with Crippen molar-refractivity contribution in [2.24, 2.45) is 0 Å². The van der Waals surface area contributed by atoms with Crippen molar-refractivity contribution in [1.82, 2.24) is 19.7 Å². The predicted molar refractivity (Wildman–Crippen MR) is 123 cm³/mol. The molecule has 0 bridgehead atoms. The Bertz CT molecular complexity index is 1160. The molecular weight excluding hydrogens is 479 g/mol. The Kier molecular flexibility index (Phi) is 6.65. The molecule has 4 rings (SSSR count). The minimum atomic E-state index is -4.85. The zero-order chi connectivity index (χ0) is 26.3. The molecule has 9 nitrogen and oxygen atoms in total. The summed E-state index contributed by atoms with van der Waals surface area (Å²) in [6.07, 6.45) is -3.36. The van der Waals surface area contributed by atoms with Gasteiger partial charge in [0.2, 0.25) is 0 Å². The minimum Gasteiger partial charge on any atom is -0.406 e. The number of anilines is 1. The summed E-state index contributed by atoms with van der Waals surface area (Å²) in [5.41, 5.74) is -0.239. The second-order valence-corrected chi connectivity index (χ2v) is 9.25. The van der Waals surface area contributed by atoms with Crippen LogP contribution < -0.4 is 9.64 Å². The summed E-state index contributed by atoms with van der Waals surface area (Å²) in [6.45, 7) is 5.93. The number of nitrogens with zero attached hydrogens (tertiary/aromatic N) is 5. The molecule has 3 heterocycles. The number of alkyl halides is 3. The first-order chi connectivity index (χ1) is 16.9. The first kappa shape index (κ1) is 25.4. The second-order valence-electron chi connectivity index (χ2n) is 9.25. The highest BCUT2D eigenvalue weighted by atomic mass is 19.4. The lowest BCUT2D eigenvalue weighted by Crippen LogP contribution is -2.47. The van der Waals surface area contributed by atoms with Crippen LogP contribution in [0.3, 0.4) is 0 Å². The van der Waals surface area contributed by atoms with Crippen LogP contribution in [0, 0.1) is 0 Å². The number of amides is 4. The van der Waals surface area contributed by atoms with E-state index >= 15 is 0 Å². The second kappa shape index (κ2) is 9.41. The Hall–Kier alpha value is -3.67. The molecule has 0 saturated carbocycles. The Morgan fingerprint density at radius 1 is 1.06 bits per heavy atom. The molecule has 0 N–H and O–H groups in total. The van der Waals surface area contributed by atoms with Crippen molar-refractivity contribution in [1.29, 1.82) is 0 Å². The molecule has 2 saturated heterocycles. The largest absolute Gasteiger partial charge is 0.573 e. The number of piperazine rings is 1.